The second kappa shape index (κ2) is 48.9. The van der Waals surface area contributed by atoms with Crippen LogP contribution in [0.3, 0.4) is 0 Å². The minimum absolute atomic E-state index is 0.271. The summed E-state index contributed by atoms with van der Waals surface area (Å²) in [6, 6.07) is 101. The molecule has 18 heteroatoms. The highest BCUT2D eigenvalue weighted by Gasteiger charge is 2.15. The maximum Gasteiger partial charge on any atom is 0.137 e. The molecule has 0 spiro atoms. The fourth-order valence-corrected chi connectivity index (χ4v) is 17.6. The van der Waals surface area contributed by atoms with Crippen molar-refractivity contribution < 1.29 is 24.0 Å². The van der Waals surface area contributed by atoms with Gasteiger partial charge in [0.15, 0.2) is 0 Å². The molecule has 0 unspecified atom stereocenters. The number of carbonyl (C=O) groups is 5. The van der Waals surface area contributed by atoms with E-state index in [1.807, 2.05) is 133 Å². The Labute approximate surface area is 818 Å². The van der Waals surface area contributed by atoms with E-state index < -0.39 is 0 Å². The van der Waals surface area contributed by atoms with Crippen molar-refractivity contribution in [2.45, 2.75) is 128 Å². The average molecular weight is 1840 g/mol. The second-order valence-corrected chi connectivity index (χ2v) is 35.9. The number of rotatable bonds is 35. The molecule has 0 bridgehead atoms. The van der Waals surface area contributed by atoms with Gasteiger partial charge in [-0.05, 0) is 266 Å². The summed E-state index contributed by atoms with van der Waals surface area (Å²) in [5, 5.41) is 19.1. The summed E-state index contributed by atoms with van der Waals surface area (Å²) in [5.41, 5.74) is 28.7. The summed E-state index contributed by atoms with van der Waals surface area (Å²) in [7, 11) is 7.92. The lowest BCUT2D eigenvalue weighted by Crippen LogP contribution is -2.03. The Morgan fingerprint density at radius 2 is 0.607 bits per heavy atom. The van der Waals surface area contributed by atoms with E-state index in [4.69, 9.17) is 0 Å². The van der Waals surface area contributed by atoms with Gasteiger partial charge in [0.25, 0.3) is 0 Å². The summed E-state index contributed by atoms with van der Waals surface area (Å²) >= 11 is 0. The van der Waals surface area contributed by atoms with Crippen LogP contribution < -0.4 is 0 Å². The van der Waals surface area contributed by atoms with E-state index in [1.54, 1.807) is 62.0 Å². The van der Waals surface area contributed by atoms with Crippen LogP contribution >= 0.6 is 0 Å². The van der Waals surface area contributed by atoms with Gasteiger partial charge in [0.1, 0.15) is 28.9 Å². The minimum atomic E-state index is 0.271. The van der Waals surface area contributed by atoms with Gasteiger partial charge in [0, 0.05) is 212 Å². The number of Topliss-reactive ketones (excluding diaryl/α,β-unsaturated/α-hetero) is 5. The van der Waals surface area contributed by atoms with Crippen molar-refractivity contribution in [1.29, 1.82) is 0 Å². The molecule has 0 atom stereocenters. The number of ketones is 5. The quantitative estimate of drug-likeness (QED) is 0.0361. The Kier molecular flexibility index (Phi) is 33.8. The van der Waals surface area contributed by atoms with Crippen molar-refractivity contribution in [2.75, 3.05) is 0 Å². The van der Waals surface area contributed by atoms with Crippen molar-refractivity contribution in [2.24, 2.45) is 28.2 Å². The summed E-state index contributed by atoms with van der Waals surface area (Å²) in [5.74, 6) is 1.37. The number of nitrogens with zero attached hydrogens (tertiary/aromatic N) is 13. The first kappa shape index (κ1) is 96.8. The number of aryl methyl sites for hydroxylation is 9. The van der Waals surface area contributed by atoms with Gasteiger partial charge in [0.2, 0.25) is 0 Å². The average Bonchev–Trinajstić information content (AvgIpc) is 1.58. The van der Waals surface area contributed by atoms with Gasteiger partial charge in [-0.1, -0.05) is 200 Å². The molecule has 140 heavy (non-hydrogen) atoms. The number of pyridine rings is 6. The van der Waals surface area contributed by atoms with E-state index in [1.165, 1.54) is 99.7 Å². The third-order valence-electron chi connectivity index (χ3n) is 25.2. The Bertz CT molecular complexity index is 7360. The van der Waals surface area contributed by atoms with Crippen molar-refractivity contribution in [3.05, 3.63) is 440 Å². The fourth-order valence-electron chi connectivity index (χ4n) is 17.6. The normalized spacial score (nSPS) is 11.0. The van der Waals surface area contributed by atoms with Crippen LogP contribution in [-0.4, -0.2) is 92.7 Å². The highest BCUT2D eigenvalue weighted by Crippen LogP contribution is 2.33. The maximum atomic E-state index is 12.1. The summed E-state index contributed by atoms with van der Waals surface area (Å²) in [6.45, 7) is 0. The van der Waals surface area contributed by atoms with Gasteiger partial charge in [-0.2, -0.15) is 15.3 Å². The van der Waals surface area contributed by atoms with Gasteiger partial charge in [-0.25, -0.2) is 0 Å². The maximum absolute atomic E-state index is 12.1. The van der Waals surface area contributed by atoms with Crippen LogP contribution in [0.4, 0.5) is 0 Å². The van der Waals surface area contributed by atoms with Crippen LogP contribution in [0.25, 0.3) is 110 Å². The third-order valence-corrected chi connectivity index (χ3v) is 25.2. The van der Waals surface area contributed by atoms with Gasteiger partial charge in [-0.15, -0.1) is 0 Å². The number of hydrogen-bond acceptors (Lipinski definition) is 14. The zero-order valence-electron chi connectivity index (χ0n) is 79.9. The monoisotopic (exact) mass is 1840 g/mol. The van der Waals surface area contributed by atoms with Gasteiger partial charge in [0.05, 0.1) is 28.3 Å². The highest BCUT2D eigenvalue weighted by molar-refractivity contribution is 5.95. The first-order chi connectivity index (χ1) is 68.5. The van der Waals surface area contributed by atoms with Crippen molar-refractivity contribution >= 4 is 83.4 Å². The first-order valence-electron chi connectivity index (χ1n) is 48.2. The molecule has 0 aliphatic heterocycles. The molecule has 0 N–H and O–H groups in total. The van der Waals surface area contributed by atoms with Crippen molar-refractivity contribution in [3.8, 4) is 55.6 Å². The van der Waals surface area contributed by atoms with Crippen molar-refractivity contribution in [3.63, 3.8) is 0 Å². The molecular formula is C122H115N13O5. The SMILES string of the molecule is Cn1cc2c(-c3ccc(CCCC(=O)Cc4cccnc4)cc3)cccc2n1.Cn1cc2cc(-c3ccc(CCCC(=O)Cc4cccnc4)cc3)ccc2n1.Cn1ccc2cc(-c3ccc(CCCC(=O)Cc4cccnc4)cc3)ccc21.Cn1ncc2ccc(-c3ccc(CCCC(=O)Cc4cccnc4)cc3)cc21.O=C(CCCc1ccc(-c2ccc3ncccc3c2)cc1)Cc1cccnc1. The fraction of sp³-hybridized carbons (Fsp3) is 0.197. The number of aromatic nitrogens is 13. The van der Waals surface area contributed by atoms with Crippen LogP contribution in [0.1, 0.15) is 120 Å². The standard InChI is InChI=1S/C25H24N2O.C25H22N2O.3C24H23N3O/c1-27-15-13-23-17-22(11-12-25(23)27)21-9-7-19(8-10-21)4-2-6-24(28)16-20-5-3-14-26-18-20;28-24(16-20-5-2-14-26-18-20)7-1-4-19-8-10-21(11-9-19)22-12-13-25-23(17-22)6-3-15-27-25;1-27-17-23-22(8-3-9-24(23)26-27)20-12-10-18(11-13-20)5-2-7-21(28)15-19-6-4-14-25-16-19;1-27-17-22-15-21(11-12-24(22)26-27)20-9-7-18(8-10-20)4-2-6-23(28)14-19-5-3-13-25-16-19;1-27-24-15-21(11-12-22(24)17-26-27)20-9-7-18(8-10-20)4-2-6-23(28)14-19-5-3-13-25-16-19/h3,5,7-15,17-18H,2,4,6,16H2,1H3;2-3,5-6,8-15,17-18H,1,4,7,16H2;3-4,6,8-14,16-17H,2,5,7,15H2,1H3;2*3,5,7-13,15-17H,2,4,6,14H2,1H3. The highest BCUT2D eigenvalue weighted by atomic mass is 16.1. The third kappa shape index (κ3) is 28.2. The number of fused-ring (bicyclic) bond motifs is 5. The zero-order chi connectivity index (χ0) is 96.6. The Hall–Kier alpha value is -16.3. The smallest absolute Gasteiger partial charge is 0.137 e. The lowest BCUT2D eigenvalue weighted by atomic mass is 9.98. The molecule has 0 aliphatic carbocycles. The van der Waals surface area contributed by atoms with Crippen LogP contribution in [0, 0.1) is 0 Å². The van der Waals surface area contributed by atoms with E-state index in [0.717, 1.165) is 130 Å². The van der Waals surface area contributed by atoms with E-state index in [0.29, 0.717) is 64.2 Å². The molecule has 20 rings (SSSR count). The Morgan fingerprint density at radius 3 is 1.02 bits per heavy atom. The van der Waals surface area contributed by atoms with Crippen LogP contribution in [-0.2, 0) is 116 Å². The van der Waals surface area contributed by atoms with Gasteiger partial charge < -0.3 is 4.57 Å². The van der Waals surface area contributed by atoms with E-state index in [-0.39, 0.29) is 28.9 Å². The number of carbonyl (C=O) groups excluding carboxylic acids is 5. The van der Waals surface area contributed by atoms with Crippen molar-refractivity contribution in [1.82, 2.24) is 63.8 Å². The van der Waals surface area contributed by atoms with Crippen LogP contribution in [0.2, 0.25) is 0 Å². The molecule has 0 aliphatic rings. The van der Waals surface area contributed by atoms with Crippen LogP contribution in [0.15, 0.2) is 384 Å². The molecule has 10 aromatic carbocycles. The zero-order valence-corrected chi connectivity index (χ0v) is 79.9. The molecule has 698 valence electrons. The molecule has 0 saturated heterocycles. The Morgan fingerprint density at radius 1 is 0.257 bits per heavy atom. The molecule has 0 saturated carbocycles. The number of hydrogen-bond donors (Lipinski definition) is 0. The minimum Gasteiger partial charge on any atom is -0.351 e. The van der Waals surface area contributed by atoms with E-state index >= 15 is 0 Å². The largest absolute Gasteiger partial charge is 0.351 e. The second-order valence-electron chi connectivity index (χ2n) is 35.9. The molecule has 10 heterocycles. The number of benzene rings is 10. The lowest BCUT2D eigenvalue weighted by molar-refractivity contribution is -0.119. The van der Waals surface area contributed by atoms with Crippen LogP contribution in [0.5, 0.6) is 0 Å². The molecule has 18 nitrogen and oxygen atoms in total. The predicted octanol–water partition coefficient (Wildman–Crippen LogP) is 25.1. The molecule has 10 aromatic heterocycles. The summed E-state index contributed by atoms with van der Waals surface area (Å²) in [4.78, 5) is 85.3. The van der Waals surface area contributed by atoms with Gasteiger partial charge >= 0.3 is 0 Å². The first-order valence-corrected chi connectivity index (χ1v) is 48.2. The topological polar surface area (TPSA) is 221 Å². The Balaban J connectivity index is 0.000000126. The molecule has 0 fully saturated rings. The molecule has 20 aromatic rings. The molecule has 0 radical (unpaired) electrons. The van der Waals surface area contributed by atoms with E-state index in [9.17, 15) is 24.0 Å². The predicted molar refractivity (Wildman–Crippen MR) is 563 cm³/mol. The summed E-state index contributed by atoms with van der Waals surface area (Å²) in [6.07, 6.45) is 41.7. The van der Waals surface area contributed by atoms with Gasteiger partial charge in [-0.3, -0.25) is 67.9 Å². The van der Waals surface area contributed by atoms with E-state index in [2.05, 4.69) is 282 Å². The molecule has 0 amide bonds. The lowest BCUT2D eigenvalue weighted by Gasteiger charge is -2.06. The molecular weight excluding hydrogens is 1730 g/mol. The summed E-state index contributed by atoms with van der Waals surface area (Å²) < 4.78 is 7.73.